The van der Waals surface area contributed by atoms with Crippen molar-refractivity contribution in [3.05, 3.63) is 12.7 Å². The summed E-state index contributed by atoms with van der Waals surface area (Å²) in [4.78, 5) is 15.3. The van der Waals surface area contributed by atoms with Gasteiger partial charge in [-0.3, -0.25) is 4.99 Å². The molecule has 3 saturated carbocycles. The Bertz CT molecular complexity index is 425. The number of carbonyl (C=O) groups excluding carboxylic acids is 1. The first-order chi connectivity index (χ1) is 8.75. The van der Waals surface area contributed by atoms with Crippen LogP contribution in [0.15, 0.2) is 17.6 Å². The van der Waals surface area contributed by atoms with E-state index in [1.54, 1.807) is 6.92 Å². The van der Waals surface area contributed by atoms with Crippen molar-refractivity contribution in [2.45, 2.75) is 51.4 Å². The summed E-state index contributed by atoms with van der Waals surface area (Å²) in [5, 5.41) is 20.4. The van der Waals surface area contributed by atoms with E-state index in [2.05, 4.69) is 25.4 Å². The van der Waals surface area contributed by atoms with E-state index in [-0.39, 0.29) is 11.3 Å². The summed E-state index contributed by atoms with van der Waals surface area (Å²) < 4.78 is 0. The molecule has 4 nitrogen and oxygen atoms in total. The zero-order valence-electron chi connectivity index (χ0n) is 11.8. The first kappa shape index (κ1) is 14.4. The number of aliphatic hydroxyl groups is 2. The Morgan fingerprint density at radius 3 is 2.53 bits per heavy atom. The number of hydrogen-bond acceptors (Lipinski definition) is 4. The van der Waals surface area contributed by atoms with Gasteiger partial charge in [0.2, 0.25) is 0 Å². The van der Waals surface area contributed by atoms with E-state index in [1.807, 2.05) is 0 Å². The van der Waals surface area contributed by atoms with Crippen LogP contribution in [-0.4, -0.2) is 40.0 Å². The van der Waals surface area contributed by atoms with Gasteiger partial charge in [0.05, 0.1) is 0 Å². The molecule has 19 heavy (non-hydrogen) atoms. The Balaban J connectivity index is 2.27. The molecule has 106 valence electrons. The lowest BCUT2D eigenvalue weighted by Crippen LogP contribution is -2.65. The molecule has 0 heterocycles. The SMILES string of the molecule is C=C[C@@H](O)[C@H](C=O)N=C1CC2CC(C2(C)C)[C@@]1(C)O. The Morgan fingerprint density at radius 2 is 2.11 bits per heavy atom. The van der Waals surface area contributed by atoms with E-state index in [0.717, 1.165) is 6.42 Å². The van der Waals surface area contributed by atoms with Crippen molar-refractivity contribution < 1.29 is 15.0 Å². The minimum absolute atomic E-state index is 0.121. The maximum atomic E-state index is 11.0. The Kier molecular flexibility index (Phi) is 3.43. The normalized spacial score (nSPS) is 41.2. The molecule has 3 aliphatic carbocycles. The lowest BCUT2D eigenvalue weighted by atomic mass is 9.44. The summed E-state index contributed by atoms with van der Waals surface area (Å²) in [6.45, 7) is 9.59. The van der Waals surface area contributed by atoms with E-state index in [1.165, 1.54) is 6.08 Å². The number of nitrogens with zero attached hydrogens (tertiary/aromatic N) is 1. The molecule has 3 rings (SSSR count). The predicted octanol–water partition coefficient (Wildman–Crippen LogP) is 1.36. The van der Waals surface area contributed by atoms with Crippen LogP contribution < -0.4 is 0 Å². The second-order valence-corrected chi connectivity index (χ2v) is 6.59. The van der Waals surface area contributed by atoms with Gasteiger partial charge < -0.3 is 15.0 Å². The highest BCUT2D eigenvalue weighted by molar-refractivity contribution is 5.95. The molecule has 0 spiro atoms. The quantitative estimate of drug-likeness (QED) is 0.595. The third-order valence-electron chi connectivity index (χ3n) is 5.21. The van der Waals surface area contributed by atoms with Crippen LogP contribution in [0.1, 0.15) is 33.6 Å². The second-order valence-electron chi connectivity index (χ2n) is 6.59. The number of aliphatic imine (C=N–C) groups is 1. The molecule has 0 saturated heterocycles. The van der Waals surface area contributed by atoms with Crippen LogP contribution in [0, 0.1) is 17.3 Å². The second kappa shape index (κ2) is 4.53. The van der Waals surface area contributed by atoms with Gasteiger partial charge >= 0.3 is 0 Å². The van der Waals surface area contributed by atoms with Crippen LogP contribution in [0.4, 0.5) is 0 Å². The molecule has 2 bridgehead atoms. The predicted molar refractivity (Wildman–Crippen MR) is 74.1 cm³/mol. The maximum absolute atomic E-state index is 11.0. The standard InChI is InChI=1S/C15H23NO3/c1-5-11(18)10(8-17)16-13-7-9-6-12(14(9,2)3)15(13,4)19/h5,8-12,18-19H,1,6-7H2,2-4H3/t9?,10-,11+,12?,15+/m0/s1. The molecule has 3 aliphatic rings. The molecule has 0 radical (unpaired) electrons. The largest absolute Gasteiger partial charge is 0.386 e. The first-order valence-electron chi connectivity index (χ1n) is 6.80. The van der Waals surface area contributed by atoms with Crippen LogP contribution >= 0.6 is 0 Å². The summed E-state index contributed by atoms with van der Waals surface area (Å²) in [6, 6.07) is -0.861. The number of fused-ring (bicyclic) bond motifs is 2. The molecule has 2 N–H and O–H groups in total. The molecule has 2 unspecified atom stereocenters. The van der Waals surface area contributed by atoms with Crippen molar-refractivity contribution in [3.63, 3.8) is 0 Å². The number of aldehydes is 1. The number of rotatable bonds is 4. The van der Waals surface area contributed by atoms with Crippen LogP contribution in [-0.2, 0) is 4.79 Å². The molecular weight excluding hydrogens is 242 g/mol. The van der Waals surface area contributed by atoms with Crippen LogP contribution in [0.2, 0.25) is 0 Å². The summed E-state index contributed by atoms with van der Waals surface area (Å²) in [6.07, 6.45) is 2.62. The highest BCUT2D eigenvalue weighted by Crippen LogP contribution is 2.61. The van der Waals surface area contributed by atoms with Crippen LogP contribution in [0.3, 0.4) is 0 Å². The average molecular weight is 265 g/mol. The fraction of sp³-hybridized carbons (Fsp3) is 0.733. The van der Waals surface area contributed by atoms with Crippen molar-refractivity contribution in [3.8, 4) is 0 Å². The van der Waals surface area contributed by atoms with Crippen molar-refractivity contribution in [1.29, 1.82) is 0 Å². The van der Waals surface area contributed by atoms with Gasteiger partial charge in [-0.05, 0) is 37.0 Å². The lowest BCUT2D eigenvalue weighted by Gasteiger charge is -2.62. The van der Waals surface area contributed by atoms with E-state index >= 15 is 0 Å². The van der Waals surface area contributed by atoms with Gasteiger partial charge in [-0.15, -0.1) is 6.58 Å². The molecule has 0 aromatic carbocycles. The Hall–Kier alpha value is -1.00. The minimum atomic E-state index is -0.993. The summed E-state index contributed by atoms with van der Waals surface area (Å²) in [5.74, 6) is 0.676. The third-order valence-corrected chi connectivity index (χ3v) is 5.21. The van der Waals surface area contributed by atoms with E-state index < -0.39 is 17.7 Å². The van der Waals surface area contributed by atoms with Gasteiger partial charge in [0, 0.05) is 5.71 Å². The minimum Gasteiger partial charge on any atom is -0.386 e. The first-order valence-corrected chi connectivity index (χ1v) is 6.80. The molecule has 4 heteroatoms. The highest BCUT2D eigenvalue weighted by Gasteiger charge is 2.61. The highest BCUT2D eigenvalue weighted by atomic mass is 16.3. The number of hydrogen-bond donors (Lipinski definition) is 2. The van der Waals surface area contributed by atoms with E-state index in [9.17, 15) is 15.0 Å². The number of carbonyl (C=O) groups is 1. The molecule has 5 atom stereocenters. The Morgan fingerprint density at radius 1 is 1.47 bits per heavy atom. The molecule has 0 amide bonds. The molecule has 0 aliphatic heterocycles. The van der Waals surface area contributed by atoms with Gasteiger partial charge in [-0.25, -0.2) is 0 Å². The molecule has 0 aromatic rings. The van der Waals surface area contributed by atoms with Gasteiger partial charge in [0.1, 0.15) is 24.0 Å². The van der Waals surface area contributed by atoms with Crippen molar-refractivity contribution >= 4 is 12.0 Å². The maximum Gasteiger partial charge on any atom is 0.147 e. The summed E-state index contributed by atoms with van der Waals surface area (Å²) in [7, 11) is 0. The zero-order valence-corrected chi connectivity index (χ0v) is 11.8. The van der Waals surface area contributed by atoms with Crippen molar-refractivity contribution in [2.24, 2.45) is 22.2 Å². The van der Waals surface area contributed by atoms with E-state index in [4.69, 9.17) is 0 Å². The average Bonchev–Trinajstić information content (AvgIpc) is 2.35. The van der Waals surface area contributed by atoms with Gasteiger partial charge in [-0.2, -0.15) is 0 Å². The fourth-order valence-electron chi connectivity index (χ4n) is 3.65. The summed E-state index contributed by atoms with van der Waals surface area (Å²) >= 11 is 0. The zero-order chi connectivity index (χ0) is 14.4. The van der Waals surface area contributed by atoms with Gasteiger partial charge in [-0.1, -0.05) is 19.9 Å². The molecular formula is C15H23NO3. The fourth-order valence-corrected chi connectivity index (χ4v) is 3.65. The van der Waals surface area contributed by atoms with E-state index in [0.29, 0.717) is 24.3 Å². The van der Waals surface area contributed by atoms with Crippen molar-refractivity contribution in [1.82, 2.24) is 0 Å². The third kappa shape index (κ3) is 2.07. The van der Waals surface area contributed by atoms with Gasteiger partial charge in [0.15, 0.2) is 0 Å². The monoisotopic (exact) mass is 265 g/mol. The lowest BCUT2D eigenvalue weighted by molar-refractivity contribution is -0.134. The topological polar surface area (TPSA) is 69.9 Å². The molecule has 0 aromatic heterocycles. The van der Waals surface area contributed by atoms with Crippen molar-refractivity contribution in [2.75, 3.05) is 0 Å². The molecule has 3 fully saturated rings. The Labute approximate surface area is 114 Å². The van der Waals surface area contributed by atoms with Gasteiger partial charge in [0.25, 0.3) is 0 Å². The van der Waals surface area contributed by atoms with Crippen LogP contribution in [0.5, 0.6) is 0 Å². The smallest absolute Gasteiger partial charge is 0.147 e. The van der Waals surface area contributed by atoms with Crippen LogP contribution in [0.25, 0.3) is 0 Å². The summed E-state index contributed by atoms with van der Waals surface area (Å²) in [5.41, 5.74) is -0.220. The number of aliphatic hydroxyl groups excluding tert-OH is 1.